The number of aromatic nitrogens is 4. The Morgan fingerprint density at radius 1 is 1.50 bits per heavy atom. The topological polar surface area (TPSA) is 52.8 Å². The molecule has 1 aliphatic heterocycles. The van der Waals surface area contributed by atoms with Crippen molar-refractivity contribution in [1.29, 1.82) is 0 Å². The van der Waals surface area contributed by atoms with E-state index < -0.39 is 0 Å². The maximum absolute atomic E-state index is 5.98. The number of nitrogens with zero attached hydrogens (tertiary/aromatic N) is 4. The van der Waals surface area contributed by atoms with Crippen LogP contribution in [0.25, 0.3) is 11.2 Å². The number of ether oxygens (including phenoxy) is 1. The zero-order chi connectivity index (χ0) is 11.1. The van der Waals surface area contributed by atoms with Gasteiger partial charge in [-0.15, -0.1) is 0 Å². The average Bonchev–Trinajstić information content (AvgIpc) is 2.85. The van der Waals surface area contributed by atoms with Crippen LogP contribution in [0.4, 0.5) is 0 Å². The monoisotopic (exact) mass is 238 g/mol. The average molecular weight is 239 g/mol. The minimum Gasteiger partial charge on any atom is -0.358 e. The van der Waals surface area contributed by atoms with Gasteiger partial charge in [-0.3, -0.25) is 4.57 Å². The van der Waals surface area contributed by atoms with E-state index in [0.717, 1.165) is 30.9 Å². The largest absolute Gasteiger partial charge is 0.358 e. The summed E-state index contributed by atoms with van der Waals surface area (Å²) >= 11 is 5.98. The molecule has 0 radical (unpaired) electrons. The third-order valence-corrected chi connectivity index (χ3v) is 3.08. The second kappa shape index (κ2) is 3.68. The van der Waals surface area contributed by atoms with E-state index in [4.69, 9.17) is 16.3 Å². The molecule has 16 heavy (non-hydrogen) atoms. The third kappa shape index (κ3) is 1.39. The van der Waals surface area contributed by atoms with E-state index in [9.17, 15) is 0 Å². The van der Waals surface area contributed by atoms with Gasteiger partial charge in [0.25, 0.3) is 0 Å². The molecule has 0 aromatic carbocycles. The molecule has 3 rings (SSSR count). The summed E-state index contributed by atoms with van der Waals surface area (Å²) in [6.07, 6.45) is 3.56. The van der Waals surface area contributed by atoms with Crippen LogP contribution in [0.5, 0.6) is 0 Å². The lowest BCUT2D eigenvalue weighted by Gasteiger charge is -2.13. The number of fused-ring (bicyclic) bond motifs is 1. The molecule has 0 N–H and O–H groups in total. The Kier molecular flexibility index (Phi) is 2.29. The van der Waals surface area contributed by atoms with Crippen molar-refractivity contribution in [3.63, 3.8) is 0 Å². The molecule has 2 aromatic heterocycles. The van der Waals surface area contributed by atoms with Crippen molar-refractivity contribution in [2.24, 2.45) is 0 Å². The quantitative estimate of drug-likeness (QED) is 0.714. The molecule has 5 nitrogen and oxygen atoms in total. The Morgan fingerprint density at radius 2 is 2.38 bits per heavy atom. The van der Waals surface area contributed by atoms with Crippen molar-refractivity contribution in [3.8, 4) is 0 Å². The summed E-state index contributed by atoms with van der Waals surface area (Å²) in [5.74, 6) is 0.865. The van der Waals surface area contributed by atoms with Gasteiger partial charge in [-0.05, 0) is 19.8 Å². The fourth-order valence-electron chi connectivity index (χ4n) is 2.10. The molecular weight excluding hydrogens is 228 g/mol. The van der Waals surface area contributed by atoms with Crippen molar-refractivity contribution in [2.45, 2.75) is 26.0 Å². The first-order chi connectivity index (χ1) is 7.77. The minimum atomic E-state index is 0.0379. The molecule has 84 valence electrons. The zero-order valence-corrected chi connectivity index (χ0v) is 9.61. The van der Waals surface area contributed by atoms with Gasteiger partial charge in [-0.2, -0.15) is 0 Å². The van der Waals surface area contributed by atoms with E-state index in [1.54, 1.807) is 0 Å². The first-order valence-corrected chi connectivity index (χ1v) is 5.62. The lowest BCUT2D eigenvalue weighted by atomic mass is 10.3. The molecule has 3 heterocycles. The van der Waals surface area contributed by atoms with E-state index in [0.29, 0.717) is 10.7 Å². The number of imidazole rings is 1. The summed E-state index contributed by atoms with van der Waals surface area (Å²) in [6, 6.07) is 0. The van der Waals surface area contributed by atoms with Crippen LogP contribution in [0, 0.1) is 6.92 Å². The summed E-state index contributed by atoms with van der Waals surface area (Å²) in [5, 5.41) is 0.393. The Bertz CT molecular complexity index is 533. The second-order valence-electron chi connectivity index (χ2n) is 3.83. The Hall–Kier alpha value is -1.20. The maximum Gasteiger partial charge on any atom is 0.167 e. The van der Waals surface area contributed by atoms with Gasteiger partial charge < -0.3 is 4.74 Å². The van der Waals surface area contributed by atoms with Crippen LogP contribution in [-0.4, -0.2) is 26.1 Å². The molecule has 0 saturated carbocycles. The smallest absolute Gasteiger partial charge is 0.167 e. The summed E-state index contributed by atoms with van der Waals surface area (Å²) in [4.78, 5) is 12.5. The van der Waals surface area contributed by atoms with E-state index >= 15 is 0 Å². The van der Waals surface area contributed by atoms with Crippen molar-refractivity contribution >= 4 is 22.8 Å². The van der Waals surface area contributed by atoms with Crippen molar-refractivity contribution in [2.75, 3.05) is 6.61 Å². The van der Waals surface area contributed by atoms with Crippen LogP contribution in [0.2, 0.25) is 5.15 Å². The van der Waals surface area contributed by atoms with Crippen molar-refractivity contribution in [1.82, 2.24) is 19.5 Å². The lowest BCUT2D eigenvalue weighted by molar-refractivity contribution is 0.0578. The van der Waals surface area contributed by atoms with E-state index in [1.165, 1.54) is 6.33 Å². The third-order valence-electron chi connectivity index (χ3n) is 2.80. The van der Waals surface area contributed by atoms with Gasteiger partial charge in [0.1, 0.15) is 23.9 Å². The lowest BCUT2D eigenvalue weighted by Crippen LogP contribution is -2.09. The summed E-state index contributed by atoms with van der Waals surface area (Å²) < 4.78 is 7.64. The first-order valence-electron chi connectivity index (χ1n) is 5.24. The molecule has 0 spiro atoms. The van der Waals surface area contributed by atoms with E-state index in [2.05, 4.69) is 15.0 Å². The molecular formula is C10H11ClN4O. The Labute approximate surface area is 97.4 Å². The second-order valence-corrected chi connectivity index (χ2v) is 4.19. The van der Waals surface area contributed by atoms with E-state index in [1.807, 2.05) is 11.5 Å². The minimum absolute atomic E-state index is 0.0379. The first kappa shape index (κ1) is 9.99. The van der Waals surface area contributed by atoms with Crippen LogP contribution >= 0.6 is 11.6 Å². The highest BCUT2D eigenvalue weighted by Gasteiger charge is 2.23. The fraction of sp³-hybridized carbons (Fsp3) is 0.500. The highest BCUT2D eigenvalue weighted by molar-refractivity contribution is 6.33. The molecule has 1 atom stereocenters. The van der Waals surface area contributed by atoms with Crippen molar-refractivity contribution in [3.05, 3.63) is 17.3 Å². The molecule has 1 aliphatic rings. The molecule has 1 fully saturated rings. The molecule has 1 unspecified atom stereocenters. The van der Waals surface area contributed by atoms with Gasteiger partial charge >= 0.3 is 0 Å². The number of hydrogen-bond donors (Lipinski definition) is 0. The summed E-state index contributed by atoms with van der Waals surface area (Å²) in [6.45, 7) is 2.72. The maximum atomic E-state index is 5.98. The molecule has 0 aliphatic carbocycles. The predicted octanol–water partition coefficient (Wildman–Crippen LogP) is 2.10. The zero-order valence-electron chi connectivity index (χ0n) is 8.85. The van der Waals surface area contributed by atoms with Crippen LogP contribution in [0.3, 0.4) is 0 Å². The highest BCUT2D eigenvalue weighted by atomic mass is 35.5. The molecule has 1 saturated heterocycles. The molecule has 0 bridgehead atoms. The normalized spacial score (nSPS) is 20.8. The summed E-state index contributed by atoms with van der Waals surface area (Å²) in [7, 11) is 0. The van der Waals surface area contributed by atoms with Gasteiger partial charge in [0.05, 0.1) is 0 Å². The fourth-order valence-corrected chi connectivity index (χ4v) is 2.27. The molecule has 2 aromatic rings. The van der Waals surface area contributed by atoms with Gasteiger partial charge in [-0.1, -0.05) is 11.6 Å². The SMILES string of the molecule is Cc1nc2c(Cl)ncnc2n1C1CCCO1. The van der Waals surface area contributed by atoms with Gasteiger partial charge in [0.15, 0.2) is 10.8 Å². The predicted molar refractivity (Wildman–Crippen MR) is 59.3 cm³/mol. The Morgan fingerprint density at radius 3 is 3.12 bits per heavy atom. The molecule has 0 amide bonds. The van der Waals surface area contributed by atoms with Gasteiger partial charge in [-0.25, -0.2) is 15.0 Å². The van der Waals surface area contributed by atoms with Gasteiger partial charge in [0.2, 0.25) is 0 Å². The van der Waals surface area contributed by atoms with E-state index in [-0.39, 0.29) is 6.23 Å². The number of aryl methyl sites for hydroxylation is 1. The van der Waals surface area contributed by atoms with Crippen LogP contribution in [0.15, 0.2) is 6.33 Å². The Balaban J connectivity index is 2.22. The number of halogens is 1. The molecule has 6 heteroatoms. The highest BCUT2D eigenvalue weighted by Crippen LogP contribution is 2.29. The number of rotatable bonds is 1. The standard InChI is InChI=1S/C10H11ClN4O/c1-6-14-8-9(11)12-5-13-10(8)15(6)7-3-2-4-16-7/h5,7H,2-4H2,1H3. The number of hydrogen-bond acceptors (Lipinski definition) is 4. The van der Waals surface area contributed by atoms with Crippen molar-refractivity contribution < 1.29 is 4.74 Å². The summed E-state index contributed by atoms with van der Waals surface area (Å²) in [5.41, 5.74) is 1.40. The van der Waals surface area contributed by atoms with Crippen LogP contribution in [-0.2, 0) is 4.74 Å². The van der Waals surface area contributed by atoms with Crippen LogP contribution < -0.4 is 0 Å². The van der Waals surface area contributed by atoms with Gasteiger partial charge in [0, 0.05) is 6.61 Å². The van der Waals surface area contributed by atoms with Crippen LogP contribution in [0.1, 0.15) is 24.9 Å².